The lowest BCUT2D eigenvalue weighted by molar-refractivity contribution is 0.130. The third-order valence-corrected chi connectivity index (χ3v) is 4.26. The number of piperidine rings is 1. The molecule has 1 aliphatic rings. The Labute approximate surface area is 122 Å². The summed E-state index contributed by atoms with van der Waals surface area (Å²) in [5.74, 6) is 0. The van der Waals surface area contributed by atoms with Crippen molar-refractivity contribution in [2.45, 2.75) is 44.7 Å². The number of hydrogen-bond acceptors (Lipinski definition) is 2. The molecule has 1 aromatic rings. The zero-order valence-corrected chi connectivity index (χ0v) is 12.6. The fraction of sp³-hybridized carbons (Fsp3) is 0.625. The van der Waals surface area contributed by atoms with Gasteiger partial charge in [-0.1, -0.05) is 30.2 Å². The van der Waals surface area contributed by atoms with Crippen molar-refractivity contribution >= 4 is 11.6 Å². The van der Waals surface area contributed by atoms with E-state index in [1.54, 1.807) is 0 Å². The second-order valence-corrected chi connectivity index (χ2v) is 5.93. The van der Waals surface area contributed by atoms with E-state index in [4.69, 9.17) is 11.6 Å². The second-order valence-electron chi connectivity index (χ2n) is 5.49. The van der Waals surface area contributed by atoms with Crippen molar-refractivity contribution in [3.05, 3.63) is 34.9 Å². The van der Waals surface area contributed by atoms with Gasteiger partial charge in [-0.05, 0) is 63.5 Å². The van der Waals surface area contributed by atoms with Crippen LogP contribution in [0.5, 0.6) is 0 Å². The minimum atomic E-state index is 0.762. The normalized spacial score (nSPS) is 20.6. The molecule has 0 aromatic heterocycles. The van der Waals surface area contributed by atoms with Crippen LogP contribution in [-0.4, -0.2) is 31.1 Å². The summed E-state index contributed by atoms with van der Waals surface area (Å²) in [7, 11) is 2.03. The van der Waals surface area contributed by atoms with E-state index >= 15 is 0 Å². The number of halogens is 1. The van der Waals surface area contributed by atoms with Gasteiger partial charge in [0, 0.05) is 17.6 Å². The fourth-order valence-electron chi connectivity index (χ4n) is 2.93. The van der Waals surface area contributed by atoms with Crippen LogP contribution in [0.2, 0.25) is 5.02 Å². The Kier molecular flexibility index (Phi) is 6.15. The largest absolute Gasteiger partial charge is 0.320 e. The number of hydrogen-bond donors (Lipinski definition) is 1. The number of rotatable bonds is 6. The highest BCUT2D eigenvalue weighted by molar-refractivity contribution is 6.30. The molecule has 1 aliphatic heterocycles. The maximum absolute atomic E-state index is 5.95. The van der Waals surface area contributed by atoms with Crippen molar-refractivity contribution in [1.29, 1.82) is 0 Å². The van der Waals surface area contributed by atoms with Crippen LogP contribution < -0.4 is 5.32 Å². The van der Waals surface area contributed by atoms with Crippen LogP contribution in [0.4, 0.5) is 0 Å². The van der Waals surface area contributed by atoms with Gasteiger partial charge in [0.05, 0.1) is 0 Å². The van der Waals surface area contributed by atoms with Gasteiger partial charge < -0.3 is 5.32 Å². The van der Waals surface area contributed by atoms with E-state index in [2.05, 4.69) is 22.3 Å². The van der Waals surface area contributed by atoms with Gasteiger partial charge >= 0.3 is 0 Å². The summed E-state index contributed by atoms with van der Waals surface area (Å²) in [6.45, 7) is 3.44. The molecule has 0 spiro atoms. The van der Waals surface area contributed by atoms with Crippen molar-refractivity contribution in [2.75, 3.05) is 20.1 Å². The van der Waals surface area contributed by atoms with Crippen molar-refractivity contribution in [3.63, 3.8) is 0 Å². The Balaban J connectivity index is 1.89. The molecule has 0 aliphatic carbocycles. The summed E-state index contributed by atoms with van der Waals surface area (Å²) in [5, 5.41) is 4.07. The van der Waals surface area contributed by atoms with Crippen LogP contribution in [0.15, 0.2) is 24.3 Å². The molecule has 1 fully saturated rings. The second kappa shape index (κ2) is 7.88. The van der Waals surface area contributed by atoms with Crippen molar-refractivity contribution in [3.8, 4) is 0 Å². The highest BCUT2D eigenvalue weighted by Crippen LogP contribution is 2.23. The highest BCUT2D eigenvalue weighted by Gasteiger charge is 2.21. The van der Waals surface area contributed by atoms with Crippen molar-refractivity contribution in [1.82, 2.24) is 10.2 Å². The molecular weight excluding hydrogens is 256 g/mol. The lowest BCUT2D eigenvalue weighted by atomic mass is 9.97. The zero-order valence-electron chi connectivity index (χ0n) is 11.9. The summed E-state index contributed by atoms with van der Waals surface area (Å²) in [4.78, 5) is 2.66. The average Bonchev–Trinajstić information content (AvgIpc) is 2.43. The van der Waals surface area contributed by atoms with Crippen LogP contribution in [0.1, 0.15) is 37.7 Å². The monoisotopic (exact) mass is 280 g/mol. The Morgan fingerprint density at radius 3 is 2.79 bits per heavy atom. The number of benzene rings is 1. The van der Waals surface area contributed by atoms with Crippen LogP contribution in [-0.2, 0) is 6.54 Å². The molecule has 0 radical (unpaired) electrons. The minimum Gasteiger partial charge on any atom is -0.320 e. The molecule has 1 saturated heterocycles. The minimum absolute atomic E-state index is 0.762. The van der Waals surface area contributed by atoms with Gasteiger partial charge in [0.25, 0.3) is 0 Å². The first kappa shape index (κ1) is 14.8. The van der Waals surface area contributed by atoms with E-state index in [9.17, 15) is 0 Å². The van der Waals surface area contributed by atoms with E-state index in [0.717, 1.165) is 24.2 Å². The van der Waals surface area contributed by atoms with Crippen LogP contribution in [0.25, 0.3) is 0 Å². The third kappa shape index (κ3) is 4.79. The first-order valence-electron chi connectivity index (χ1n) is 7.42. The van der Waals surface area contributed by atoms with E-state index in [1.807, 2.05) is 19.2 Å². The Hall–Kier alpha value is -0.570. The first-order chi connectivity index (χ1) is 9.29. The van der Waals surface area contributed by atoms with E-state index in [-0.39, 0.29) is 0 Å². The van der Waals surface area contributed by atoms with Gasteiger partial charge in [0.2, 0.25) is 0 Å². The Morgan fingerprint density at radius 2 is 2.05 bits per heavy atom. The van der Waals surface area contributed by atoms with E-state index in [1.165, 1.54) is 44.2 Å². The van der Waals surface area contributed by atoms with Gasteiger partial charge in [-0.25, -0.2) is 0 Å². The Morgan fingerprint density at radius 1 is 1.26 bits per heavy atom. The lowest BCUT2D eigenvalue weighted by Gasteiger charge is -2.36. The summed E-state index contributed by atoms with van der Waals surface area (Å²) in [6, 6.07) is 9.06. The Bertz CT molecular complexity index is 364. The maximum atomic E-state index is 5.95. The molecule has 1 heterocycles. The van der Waals surface area contributed by atoms with Gasteiger partial charge in [-0.15, -0.1) is 0 Å². The molecule has 0 bridgehead atoms. The van der Waals surface area contributed by atoms with Crippen LogP contribution in [0.3, 0.4) is 0 Å². The first-order valence-corrected chi connectivity index (χ1v) is 7.80. The average molecular weight is 281 g/mol. The standard InChI is InChI=1S/C16H25ClN2/c1-18-11-4-6-16-5-2-3-12-19(16)13-14-7-9-15(17)10-8-14/h7-10,16,18H,2-6,11-13H2,1H3. The molecule has 0 saturated carbocycles. The van der Waals surface area contributed by atoms with Crippen LogP contribution in [0, 0.1) is 0 Å². The topological polar surface area (TPSA) is 15.3 Å². The van der Waals surface area contributed by atoms with Crippen LogP contribution >= 0.6 is 11.6 Å². The molecule has 2 nitrogen and oxygen atoms in total. The number of likely N-dealkylation sites (tertiary alicyclic amines) is 1. The van der Waals surface area contributed by atoms with Gasteiger partial charge in [-0.3, -0.25) is 4.90 Å². The molecule has 2 rings (SSSR count). The quantitative estimate of drug-likeness (QED) is 0.800. The molecule has 106 valence electrons. The number of nitrogens with zero attached hydrogens (tertiary/aromatic N) is 1. The third-order valence-electron chi connectivity index (χ3n) is 4.01. The van der Waals surface area contributed by atoms with E-state index in [0.29, 0.717) is 0 Å². The smallest absolute Gasteiger partial charge is 0.0406 e. The zero-order chi connectivity index (χ0) is 13.5. The maximum Gasteiger partial charge on any atom is 0.0406 e. The fourth-order valence-corrected chi connectivity index (χ4v) is 3.06. The summed E-state index contributed by atoms with van der Waals surface area (Å²) < 4.78 is 0. The molecule has 1 unspecified atom stereocenters. The highest BCUT2D eigenvalue weighted by atomic mass is 35.5. The molecule has 19 heavy (non-hydrogen) atoms. The molecule has 1 atom stereocenters. The summed E-state index contributed by atoms with van der Waals surface area (Å²) in [5.41, 5.74) is 1.38. The van der Waals surface area contributed by atoms with Crippen molar-refractivity contribution < 1.29 is 0 Å². The number of nitrogens with one attached hydrogen (secondary N) is 1. The van der Waals surface area contributed by atoms with Gasteiger partial charge in [0.1, 0.15) is 0 Å². The van der Waals surface area contributed by atoms with Gasteiger partial charge in [-0.2, -0.15) is 0 Å². The molecule has 0 amide bonds. The summed E-state index contributed by atoms with van der Waals surface area (Å²) in [6.07, 6.45) is 6.68. The predicted octanol–water partition coefficient (Wildman–Crippen LogP) is 3.69. The van der Waals surface area contributed by atoms with E-state index < -0.39 is 0 Å². The van der Waals surface area contributed by atoms with Gasteiger partial charge in [0.15, 0.2) is 0 Å². The molecule has 1 N–H and O–H groups in total. The SMILES string of the molecule is CNCCCC1CCCCN1Cc1ccc(Cl)cc1. The van der Waals surface area contributed by atoms with Crippen molar-refractivity contribution in [2.24, 2.45) is 0 Å². The predicted molar refractivity (Wildman–Crippen MR) is 82.7 cm³/mol. The summed E-state index contributed by atoms with van der Waals surface area (Å²) >= 11 is 5.95. The molecule has 1 aromatic carbocycles. The molecular formula is C16H25ClN2. The molecule has 3 heteroatoms. The lowest BCUT2D eigenvalue weighted by Crippen LogP contribution is -2.39.